The van der Waals surface area contributed by atoms with Crippen LogP contribution in [0.1, 0.15) is 25.7 Å². The Bertz CT molecular complexity index is 888. The minimum absolute atomic E-state index is 0.0151. The van der Waals surface area contributed by atoms with Gasteiger partial charge in [-0.2, -0.15) is 0 Å². The number of amides is 2. The first-order chi connectivity index (χ1) is 14.0. The molecule has 3 rings (SSSR count). The molecule has 2 aromatic carbocycles. The number of carbonyl (C=O) groups excluding carboxylic acids is 2. The Morgan fingerprint density at radius 3 is 2.69 bits per heavy atom. The fraction of sp³-hybridized carbons (Fsp3) is 0.381. The number of nitrogens with zero attached hydrogens (tertiary/aromatic N) is 1. The summed E-state index contributed by atoms with van der Waals surface area (Å²) in [5.41, 5.74) is 11.4. The van der Waals surface area contributed by atoms with E-state index in [0.29, 0.717) is 25.1 Å². The number of anilines is 1. The smallest absolute Gasteiger partial charge is 0.246 e. The number of guanidine groups is 1. The lowest BCUT2D eigenvalue weighted by Gasteiger charge is -2.20. The van der Waals surface area contributed by atoms with Gasteiger partial charge in [0.2, 0.25) is 11.8 Å². The molecule has 0 aliphatic carbocycles. The van der Waals surface area contributed by atoms with Crippen LogP contribution >= 0.6 is 0 Å². The van der Waals surface area contributed by atoms with Crippen molar-refractivity contribution in [3.63, 3.8) is 0 Å². The molecule has 2 aromatic rings. The van der Waals surface area contributed by atoms with Gasteiger partial charge in [-0.05, 0) is 55.1 Å². The molecule has 29 heavy (non-hydrogen) atoms. The number of fused-ring (bicyclic) bond motifs is 1. The standard InChI is InChI=1S/C21H28N6O2/c22-21(23)25-12-4-8-18(27-19(28)17-7-3-11-24-17)20(29)26-16-10-9-14-5-1-2-6-15(14)13-16/h1-2,5-6,9-10,13,17-18,24H,3-4,7-8,11-12H2,(H,26,29)(H,27,28)(H4,22,23,25). The summed E-state index contributed by atoms with van der Waals surface area (Å²) in [7, 11) is 0. The molecule has 1 saturated heterocycles. The number of carbonyl (C=O) groups is 2. The van der Waals surface area contributed by atoms with Crippen LogP contribution in [0.2, 0.25) is 0 Å². The van der Waals surface area contributed by atoms with Gasteiger partial charge in [0, 0.05) is 12.2 Å². The van der Waals surface area contributed by atoms with E-state index in [1.54, 1.807) is 0 Å². The molecule has 8 nitrogen and oxygen atoms in total. The van der Waals surface area contributed by atoms with Gasteiger partial charge in [-0.1, -0.05) is 30.3 Å². The van der Waals surface area contributed by atoms with E-state index < -0.39 is 6.04 Å². The Morgan fingerprint density at radius 2 is 1.97 bits per heavy atom. The summed E-state index contributed by atoms with van der Waals surface area (Å²) in [5, 5.41) is 11.1. The zero-order chi connectivity index (χ0) is 20.6. The van der Waals surface area contributed by atoms with Gasteiger partial charge in [-0.25, -0.2) is 0 Å². The Balaban J connectivity index is 1.67. The summed E-state index contributed by atoms with van der Waals surface area (Å²) < 4.78 is 0. The van der Waals surface area contributed by atoms with E-state index in [2.05, 4.69) is 20.9 Å². The lowest BCUT2D eigenvalue weighted by Crippen LogP contribution is -2.49. The van der Waals surface area contributed by atoms with Gasteiger partial charge in [0.05, 0.1) is 6.04 Å². The molecule has 7 N–H and O–H groups in total. The van der Waals surface area contributed by atoms with E-state index in [4.69, 9.17) is 11.5 Å². The Morgan fingerprint density at radius 1 is 1.17 bits per heavy atom. The molecule has 0 bridgehead atoms. The summed E-state index contributed by atoms with van der Waals surface area (Å²) in [6, 6.07) is 12.8. The molecule has 1 fully saturated rings. The van der Waals surface area contributed by atoms with E-state index in [9.17, 15) is 9.59 Å². The van der Waals surface area contributed by atoms with Crippen LogP contribution in [0.3, 0.4) is 0 Å². The van der Waals surface area contributed by atoms with Crippen LogP contribution in [0, 0.1) is 0 Å². The fourth-order valence-corrected chi connectivity index (χ4v) is 3.45. The summed E-state index contributed by atoms with van der Waals surface area (Å²) in [6.45, 7) is 1.22. The van der Waals surface area contributed by atoms with Crippen molar-refractivity contribution < 1.29 is 9.59 Å². The second-order valence-corrected chi connectivity index (χ2v) is 7.21. The molecule has 1 aliphatic heterocycles. The highest BCUT2D eigenvalue weighted by atomic mass is 16.2. The number of rotatable bonds is 8. The van der Waals surface area contributed by atoms with Gasteiger partial charge in [0.25, 0.3) is 0 Å². The summed E-state index contributed by atoms with van der Waals surface area (Å²) in [6.07, 6.45) is 2.75. The third kappa shape index (κ3) is 5.92. The van der Waals surface area contributed by atoms with Gasteiger partial charge in [0.15, 0.2) is 5.96 Å². The van der Waals surface area contributed by atoms with Crippen LogP contribution in [-0.2, 0) is 9.59 Å². The van der Waals surface area contributed by atoms with E-state index in [-0.39, 0.29) is 23.8 Å². The van der Waals surface area contributed by atoms with Crippen molar-refractivity contribution in [2.75, 3.05) is 18.4 Å². The fourth-order valence-electron chi connectivity index (χ4n) is 3.45. The van der Waals surface area contributed by atoms with Crippen molar-refractivity contribution in [1.29, 1.82) is 0 Å². The molecule has 2 amide bonds. The monoisotopic (exact) mass is 396 g/mol. The topological polar surface area (TPSA) is 135 Å². The second-order valence-electron chi connectivity index (χ2n) is 7.21. The number of benzene rings is 2. The number of hydrogen-bond acceptors (Lipinski definition) is 4. The van der Waals surface area contributed by atoms with Crippen LogP contribution < -0.4 is 27.4 Å². The van der Waals surface area contributed by atoms with Crippen molar-refractivity contribution in [3.8, 4) is 0 Å². The molecule has 1 heterocycles. The number of aliphatic imine (C=N–C) groups is 1. The maximum atomic E-state index is 12.9. The average Bonchev–Trinajstić information content (AvgIpc) is 3.25. The van der Waals surface area contributed by atoms with Gasteiger partial charge in [0.1, 0.15) is 6.04 Å². The SMILES string of the molecule is NC(N)=NCCCC(NC(=O)C1CCCN1)C(=O)Nc1ccc2ccccc2c1. The lowest BCUT2D eigenvalue weighted by molar-refractivity contribution is -0.127. The van der Waals surface area contributed by atoms with E-state index in [1.807, 2.05) is 42.5 Å². The first kappa shape index (κ1) is 20.6. The van der Waals surface area contributed by atoms with Gasteiger partial charge in [-0.15, -0.1) is 0 Å². The first-order valence-electron chi connectivity index (χ1n) is 9.92. The maximum Gasteiger partial charge on any atom is 0.246 e. The summed E-state index contributed by atoms with van der Waals surface area (Å²) >= 11 is 0. The van der Waals surface area contributed by atoms with Crippen molar-refractivity contribution in [3.05, 3.63) is 42.5 Å². The highest BCUT2D eigenvalue weighted by Gasteiger charge is 2.27. The third-order valence-corrected chi connectivity index (χ3v) is 4.97. The van der Waals surface area contributed by atoms with E-state index in [1.165, 1.54) is 0 Å². The van der Waals surface area contributed by atoms with Crippen molar-refractivity contribution in [2.45, 2.75) is 37.8 Å². The van der Waals surface area contributed by atoms with Crippen LogP contribution in [-0.4, -0.2) is 42.9 Å². The number of hydrogen-bond donors (Lipinski definition) is 5. The summed E-state index contributed by atoms with van der Waals surface area (Å²) in [5.74, 6) is -0.388. The molecular formula is C21H28N6O2. The predicted octanol–water partition coefficient (Wildman–Crippen LogP) is 1.07. The van der Waals surface area contributed by atoms with Crippen LogP contribution in [0.4, 0.5) is 5.69 Å². The maximum absolute atomic E-state index is 12.9. The quantitative estimate of drug-likeness (QED) is 0.258. The third-order valence-electron chi connectivity index (χ3n) is 4.97. The molecular weight excluding hydrogens is 368 g/mol. The molecule has 2 unspecified atom stereocenters. The molecule has 0 radical (unpaired) electrons. The highest BCUT2D eigenvalue weighted by molar-refractivity contribution is 5.99. The molecule has 8 heteroatoms. The predicted molar refractivity (Wildman–Crippen MR) is 115 cm³/mol. The average molecular weight is 396 g/mol. The van der Waals surface area contributed by atoms with Gasteiger partial charge < -0.3 is 27.4 Å². The zero-order valence-corrected chi connectivity index (χ0v) is 16.4. The number of nitrogens with one attached hydrogen (secondary N) is 3. The molecule has 2 atom stereocenters. The Hall–Kier alpha value is -3.13. The van der Waals surface area contributed by atoms with Gasteiger partial charge in [-0.3, -0.25) is 14.6 Å². The highest BCUT2D eigenvalue weighted by Crippen LogP contribution is 2.19. The molecule has 1 aliphatic rings. The van der Waals surface area contributed by atoms with Crippen molar-refractivity contribution >= 4 is 34.2 Å². The molecule has 0 aromatic heterocycles. The molecule has 0 spiro atoms. The van der Waals surface area contributed by atoms with Crippen molar-refractivity contribution in [2.24, 2.45) is 16.5 Å². The van der Waals surface area contributed by atoms with Crippen LogP contribution in [0.5, 0.6) is 0 Å². The normalized spacial score (nSPS) is 16.9. The Kier molecular flexibility index (Phi) is 7.02. The lowest BCUT2D eigenvalue weighted by atomic mass is 10.1. The van der Waals surface area contributed by atoms with E-state index >= 15 is 0 Å². The molecule has 0 saturated carbocycles. The Labute approximate surface area is 170 Å². The molecule has 154 valence electrons. The largest absolute Gasteiger partial charge is 0.370 e. The first-order valence-corrected chi connectivity index (χ1v) is 9.92. The zero-order valence-electron chi connectivity index (χ0n) is 16.4. The van der Waals surface area contributed by atoms with Crippen LogP contribution in [0.25, 0.3) is 10.8 Å². The van der Waals surface area contributed by atoms with E-state index in [0.717, 1.165) is 30.2 Å². The summed E-state index contributed by atoms with van der Waals surface area (Å²) in [4.78, 5) is 29.3. The van der Waals surface area contributed by atoms with Crippen molar-refractivity contribution in [1.82, 2.24) is 10.6 Å². The van der Waals surface area contributed by atoms with Crippen LogP contribution in [0.15, 0.2) is 47.5 Å². The minimum Gasteiger partial charge on any atom is -0.370 e. The van der Waals surface area contributed by atoms with Gasteiger partial charge >= 0.3 is 0 Å². The number of nitrogens with two attached hydrogens (primary N) is 2. The minimum atomic E-state index is -0.662. The second kappa shape index (κ2) is 9.88.